The van der Waals surface area contributed by atoms with Crippen molar-refractivity contribution in [1.82, 2.24) is 25.0 Å². The molecule has 0 saturated carbocycles. The van der Waals surface area contributed by atoms with Crippen molar-refractivity contribution in [2.24, 2.45) is 0 Å². The first kappa shape index (κ1) is 12.2. The van der Waals surface area contributed by atoms with Gasteiger partial charge in [0.25, 0.3) is 5.95 Å². The summed E-state index contributed by atoms with van der Waals surface area (Å²) in [6.45, 7) is 6.93. The molecule has 2 aromatic heterocycles. The van der Waals surface area contributed by atoms with Gasteiger partial charge in [-0.05, 0) is 27.7 Å². The Labute approximate surface area is 104 Å². The molecule has 0 amide bonds. The van der Waals surface area contributed by atoms with Gasteiger partial charge < -0.3 is 5.11 Å². The third-order valence-corrected chi connectivity index (χ3v) is 2.78. The minimum Gasteiger partial charge on any atom is -0.478 e. The maximum absolute atomic E-state index is 11.1. The molecule has 0 radical (unpaired) electrons. The number of aromatic carboxylic acids is 1. The third-order valence-electron chi connectivity index (χ3n) is 2.78. The molecule has 2 rings (SSSR count). The Morgan fingerprint density at radius 3 is 2.22 bits per heavy atom. The zero-order valence-corrected chi connectivity index (χ0v) is 10.6. The van der Waals surface area contributed by atoms with Gasteiger partial charge in [0.1, 0.15) is 5.56 Å². The highest BCUT2D eigenvalue weighted by Crippen LogP contribution is 2.15. The molecule has 0 aliphatic carbocycles. The molecular formula is C11H13N5O2. The zero-order valence-electron chi connectivity index (χ0n) is 10.6. The first-order chi connectivity index (χ1) is 8.41. The van der Waals surface area contributed by atoms with E-state index in [-0.39, 0.29) is 11.5 Å². The first-order valence-corrected chi connectivity index (χ1v) is 5.39. The number of aryl methyl sites for hydroxylation is 3. The normalized spacial score (nSPS) is 10.7. The van der Waals surface area contributed by atoms with Gasteiger partial charge in [0.2, 0.25) is 0 Å². The smallest absolute Gasteiger partial charge is 0.339 e. The van der Waals surface area contributed by atoms with Crippen molar-refractivity contribution in [3.05, 3.63) is 28.3 Å². The summed E-state index contributed by atoms with van der Waals surface area (Å²) < 4.78 is 1.40. The molecule has 2 heterocycles. The second-order valence-electron chi connectivity index (χ2n) is 4.05. The second kappa shape index (κ2) is 4.17. The van der Waals surface area contributed by atoms with Crippen LogP contribution in [0.5, 0.6) is 0 Å². The maximum Gasteiger partial charge on any atom is 0.339 e. The van der Waals surface area contributed by atoms with Crippen LogP contribution in [0, 0.1) is 27.7 Å². The SMILES string of the molecule is Cc1nnc(-n2nc(C)c(C(=O)O)c2C)nc1C. The van der Waals surface area contributed by atoms with Crippen molar-refractivity contribution in [1.29, 1.82) is 0 Å². The predicted octanol–water partition coefficient (Wildman–Crippen LogP) is 0.989. The summed E-state index contributed by atoms with van der Waals surface area (Å²) in [5.74, 6) is -0.723. The number of rotatable bonds is 2. The van der Waals surface area contributed by atoms with Crippen molar-refractivity contribution >= 4 is 5.97 Å². The minimum atomic E-state index is -1.01. The quantitative estimate of drug-likeness (QED) is 0.850. The molecule has 0 aromatic carbocycles. The van der Waals surface area contributed by atoms with E-state index >= 15 is 0 Å². The number of aromatic nitrogens is 5. The van der Waals surface area contributed by atoms with E-state index in [1.807, 2.05) is 13.8 Å². The van der Waals surface area contributed by atoms with Crippen molar-refractivity contribution in [3.8, 4) is 5.95 Å². The Kier molecular flexibility index (Phi) is 2.82. The molecule has 0 fully saturated rings. The lowest BCUT2D eigenvalue weighted by molar-refractivity contribution is 0.0695. The Morgan fingerprint density at radius 1 is 1.06 bits per heavy atom. The van der Waals surface area contributed by atoms with Gasteiger partial charge in [-0.1, -0.05) is 0 Å². The number of carbonyl (C=O) groups is 1. The second-order valence-corrected chi connectivity index (χ2v) is 4.05. The summed E-state index contributed by atoms with van der Waals surface area (Å²) in [5, 5.41) is 21.1. The number of carboxylic acids is 1. The summed E-state index contributed by atoms with van der Waals surface area (Å²) >= 11 is 0. The van der Waals surface area contributed by atoms with Crippen molar-refractivity contribution < 1.29 is 9.90 Å². The van der Waals surface area contributed by atoms with Crippen LogP contribution in [-0.4, -0.2) is 36.0 Å². The van der Waals surface area contributed by atoms with Crippen molar-refractivity contribution in [2.75, 3.05) is 0 Å². The molecule has 0 saturated heterocycles. The molecule has 2 aromatic rings. The molecule has 0 unspecified atom stereocenters. The van der Waals surface area contributed by atoms with Gasteiger partial charge in [-0.15, -0.1) is 5.10 Å². The van der Waals surface area contributed by atoms with Gasteiger partial charge in [0.15, 0.2) is 0 Å². The van der Waals surface area contributed by atoms with E-state index in [4.69, 9.17) is 5.11 Å². The number of hydrogen-bond acceptors (Lipinski definition) is 5. The molecule has 94 valence electrons. The molecule has 7 nitrogen and oxygen atoms in total. The van der Waals surface area contributed by atoms with Crippen LogP contribution in [0.1, 0.15) is 33.1 Å². The lowest BCUT2D eigenvalue weighted by Crippen LogP contribution is -2.09. The molecule has 0 bridgehead atoms. The highest BCUT2D eigenvalue weighted by molar-refractivity contribution is 5.90. The van der Waals surface area contributed by atoms with Crippen molar-refractivity contribution in [2.45, 2.75) is 27.7 Å². The van der Waals surface area contributed by atoms with E-state index in [0.29, 0.717) is 11.4 Å². The van der Waals surface area contributed by atoms with Gasteiger partial charge in [-0.3, -0.25) is 0 Å². The van der Waals surface area contributed by atoms with Crippen LogP contribution in [0.2, 0.25) is 0 Å². The summed E-state index contributed by atoms with van der Waals surface area (Å²) in [5.41, 5.74) is 2.58. The van der Waals surface area contributed by atoms with E-state index < -0.39 is 5.97 Å². The van der Waals surface area contributed by atoms with E-state index in [2.05, 4.69) is 20.3 Å². The fourth-order valence-electron chi connectivity index (χ4n) is 1.68. The van der Waals surface area contributed by atoms with Gasteiger partial charge in [0, 0.05) is 0 Å². The molecule has 7 heteroatoms. The molecule has 0 aliphatic rings. The van der Waals surface area contributed by atoms with Crippen LogP contribution in [0.25, 0.3) is 5.95 Å². The van der Waals surface area contributed by atoms with Crippen LogP contribution in [0.3, 0.4) is 0 Å². The molecule has 1 N–H and O–H groups in total. The lowest BCUT2D eigenvalue weighted by atomic mass is 10.2. The number of hydrogen-bond donors (Lipinski definition) is 1. The zero-order chi connectivity index (χ0) is 13.4. The van der Waals surface area contributed by atoms with E-state index in [1.165, 1.54) is 4.68 Å². The first-order valence-electron chi connectivity index (χ1n) is 5.39. The van der Waals surface area contributed by atoms with E-state index in [1.54, 1.807) is 13.8 Å². The van der Waals surface area contributed by atoms with Gasteiger partial charge in [-0.25, -0.2) is 14.5 Å². The lowest BCUT2D eigenvalue weighted by Gasteiger charge is -2.03. The highest BCUT2D eigenvalue weighted by atomic mass is 16.4. The van der Waals surface area contributed by atoms with Crippen molar-refractivity contribution in [3.63, 3.8) is 0 Å². The Hall–Kier alpha value is -2.31. The van der Waals surface area contributed by atoms with Crippen LogP contribution < -0.4 is 0 Å². The Morgan fingerprint density at radius 2 is 1.72 bits per heavy atom. The topological polar surface area (TPSA) is 93.8 Å². The predicted molar refractivity (Wildman–Crippen MR) is 62.9 cm³/mol. The average molecular weight is 247 g/mol. The van der Waals surface area contributed by atoms with Gasteiger partial charge in [0.05, 0.1) is 22.8 Å². The van der Waals surface area contributed by atoms with Gasteiger partial charge >= 0.3 is 5.97 Å². The summed E-state index contributed by atoms with van der Waals surface area (Å²) in [6.07, 6.45) is 0. The van der Waals surface area contributed by atoms with E-state index in [9.17, 15) is 4.79 Å². The molecule has 0 spiro atoms. The van der Waals surface area contributed by atoms with E-state index in [0.717, 1.165) is 11.4 Å². The maximum atomic E-state index is 11.1. The molecule has 0 atom stereocenters. The minimum absolute atomic E-state index is 0.178. The standard InChI is InChI=1S/C11H13N5O2/c1-5-6(2)13-14-11(12-5)16-8(4)9(10(17)18)7(3)15-16/h1-4H3,(H,17,18). The third kappa shape index (κ3) is 1.83. The summed E-state index contributed by atoms with van der Waals surface area (Å²) in [7, 11) is 0. The monoisotopic (exact) mass is 247 g/mol. The van der Waals surface area contributed by atoms with Crippen LogP contribution in [0.4, 0.5) is 0 Å². The highest BCUT2D eigenvalue weighted by Gasteiger charge is 2.20. The van der Waals surface area contributed by atoms with Gasteiger partial charge in [-0.2, -0.15) is 10.2 Å². The molecule has 0 aliphatic heterocycles. The fraction of sp³-hybridized carbons (Fsp3) is 0.364. The Balaban J connectivity index is 2.61. The number of nitrogens with zero attached hydrogens (tertiary/aromatic N) is 5. The van der Waals surface area contributed by atoms with Crippen LogP contribution in [0.15, 0.2) is 0 Å². The summed E-state index contributed by atoms with van der Waals surface area (Å²) in [6, 6.07) is 0. The van der Waals surface area contributed by atoms with Crippen LogP contribution in [-0.2, 0) is 0 Å². The number of carboxylic acid groups (broad SMARTS) is 1. The fourth-order valence-corrected chi connectivity index (χ4v) is 1.68. The largest absolute Gasteiger partial charge is 0.478 e. The molecular weight excluding hydrogens is 234 g/mol. The Bertz CT molecular complexity index is 633. The summed E-state index contributed by atoms with van der Waals surface area (Å²) in [4.78, 5) is 15.4. The average Bonchev–Trinajstić information content (AvgIpc) is 2.58. The molecule has 18 heavy (non-hydrogen) atoms. The van der Waals surface area contributed by atoms with Crippen LogP contribution >= 0.6 is 0 Å².